The summed E-state index contributed by atoms with van der Waals surface area (Å²) < 4.78 is 5.68. The van der Waals surface area contributed by atoms with Crippen LogP contribution < -0.4 is 16.5 Å². The Labute approximate surface area is 170 Å². The van der Waals surface area contributed by atoms with E-state index in [2.05, 4.69) is 5.32 Å². The van der Waals surface area contributed by atoms with Crippen LogP contribution in [0.15, 0.2) is 47.1 Å². The molecule has 0 unspecified atom stereocenters. The lowest BCUT2D eigenvalue weighted by atomic mass is 10.0. The minimum atomic E-state index is -0.307. The second-order valence-corrected chi connectivity index (χ2v) is 7.90. The number of pyridine rings is 1. The Bertz CT molecular complexity index is 1210. The number of nitrogen functional groups attached to an aromatic ring is 1. The maximum absolute atomic E-state index is 12.9. The summed E-state index contributed by atoms with van der Waals surface area (Å²) in [6, 6.07) is 10.3. The summed E-state index contributed by atoms with van der Waals surface area (Å²) in [5, 5.41) is 14.3. The Hall–Kier alpha value is -3.36. The van der Waals surface area contributed by atoms with Crippen LogP contribution in [0.1, 0.15) is 27.3 Å². The highest BCUT2D eigenvalue weighted by molar-refractivity contribution is 7.21. The number of nitrogens with two attached hydrogens (primary N) is 1. The lowest BCUT2D eigenvalue weighted by Crippen LogP contribution is -2.12. The van der Waals surface area contributed by atoms with Crippen molar-refractivity contribution in [1.82, 2.24) is 4.98 Å². The van der Waals surface area contributed by atoms with Gasteiger partial charge in [-0.15, -0.1) is 11.3 Å². The number of aryl methyl sites for hydroxylation is 1. The number of anilines is 3. The Kier molecular flexibility index (Phi) is 4.22. The van der Waals surface area contributed by atoms with Crippen LogP contribution in [0, 0.1) is 5.21 Å². The third-order valence-corrected chi connectivity index (χ3v) is 6.24. The molecule has 7 nitrogen and oxygen atoms in total. The summed E-state index contributed by atoms with van der Waals surface area (Å²) in [5.74, 6) is 0.437. The summed E-state index contributed by atoms with van der Waals surface area (Å²) in [6.07, 6.45) is 4.53. The Morgan fingerprint density at radius 1 is 1.17 bits per heavy atom. The van der Waals surface area contributed by atoms with E-state index in [1.807, 2.05) is 17.6 Å². The predicted octanol–water partition coefficient (Wildman–Crippen LogP) is 4.79. The van der Waals surface area contributed by atoms with Crippen molar-refractivity contribution in [3.05, 3.63) is 64.0 Å². The Balaban J connectivity index is 1.60. The maximum atomic E-state index is 12.9. The molecular formula is C21H17N4O3S-. The molecule has 0 saturated heterocycles. The molecule has 1 amide bonds. The van der Waals surface area contributed by atoms with Crippen molar-refractivity contribution in [3.8, 4) is 11.3 Å². The number of nitrogens with one attached hydrogen (secondary N) is 2. The van der Waals surface area contributed by atoms with Crippen LogP contribution >= 0.6 is 11.3 Å². The fourth-order valence-electron chi connectivity index (χ4n) is 3.82. The molecule has 0 atom stereocenters. The molecule has 29 heavy (non-hydrogen) atoms. The van der Waals surface area contributed by atoms with Gasteiger partial charge in [-0.2, -0.15) is 0 Å². The van der Waals surface area contributed by atoms with Gasteiger partial charge in [0, 0.05) is 28.0 Å². The van der Waals surface area contributed by atoms with Crippen molar-refractivity contribution in [1.29, 1.82) is 0 Å². The molecule has 0 bridgehead atoms. The van der Waals surface area contributed by atoms with Crippen molar-refractivity contribution in [2.45, 2.75) is 19.3 Å². The molecule has 1 aromatic carbocycles. The summed E-state index contributed by atoms with van der Waals surface area (Å²) in [6.45, 7) is 0. The SMILES string of the molecule is Nc1c(C(=O)Nc2ccc(N[O-])cc2)sc2nc3c(c(-c4ccco4)c12)CCC3. The molecule has 1 aliphatic rings. The molecule has 3 aromatic heterocycles. The molecular weight excluding hydrogens is 388 g/mol. The number of furan rings is 1. The first-order valence-electron chi connectivity index (χ1n) is 9.23. The number of benzene rings is 1. The number of carbonyl (C=O) groups excluding carboxylic acids is 1. The van der Waals surface area contributed by atoms with Gasteiger partial charge in [-0.3, -0.25) is 4.79 Å². The first-order valence-corrected chi connectivity index (χ1v) is 10.0. The van der Waals surface area contributed by atoms with Crippen molar-refractivity contribution in [2.75, 3.05) is 16.5 Å². The number of aromatic nitrogens is 1. The average Bonchev–Trinajstić information content (AvgIpc) is 3.47. The molecule has 4 N–H and O–H groups in total. The maximum Gasteiger partial charge on any atom is 0.267 e. The van der Waals surface area contributed by atoms with E-state index in [1.165, 1.54) is 11.3 Å². The number of rotatable bonds is 4. The standard InChI is InChI=1S/C21H17N4O3S/c22-18-17-16(15-5-2-10-28-15)13-3-1-4-14(13)24-21(17)29-19(18)20(26)23-11-6-8-12(25-27)9-7-11/h2,5-10,25H,1,3-4,22H2,(H,23,26)/q-1. The minimum Gasteiger partial charge on any atom is -0.761 e. The molecule has 4 aromatic rings. The van der Waals surface area contributed by atoms with Crippen molar-refractivity contribution >= 4 is 44.5 Å². The Morgan fingerprint density at radius 2 is 1.97 bits per heavy atom. The predicted molar refractivity (Wildman–Crippen MR) is 115 cm³/mol. The van der Waals surface area contributed by atoms with Crippen LogP contribution in [0.3, 0.4) is 0 Å². The lowest BCUT2D eigenvalue weighted by Gasteiger charge is -2.10. The highest BCUT2D eigenvalue weighted by atomic mass is 32.1. The van der Waals surface area contributed by atoms with Gasteiger partial charge in [-0.1, -0.05) is 0 Å². The van der Waals surface area contributed by atoms with E-state index in [-0.39, 0.29) is 5.91 Å². The van der Waals surface area contributed by atoms with Crippen LogP contribution in [0.4, 0.5) is 17.1 Å². The summed E-state index contributed by atoms with van der Waals surface area (Å²) in [7, 11) is 0. The van der Waals surface area contributed by atoms with Crippen LogP contribution in [-0.2, 0) is 12.8 Å². The van der Waals surface area contributed by atoms with E-state index in [0.29, 0.717) is 21.9 Å². The van der Waals surface area contributed by atoms with Crippen LogP contribution in [0.25, 0.3) is 21.5 Å². The van der Waals surface area contributed by atoms with E-state index in [9.17, 15) is 10.0 Å². The first kappa shape index (κ1) is 17.7. The van der Waals surface area contributed by atoms with Crippen molar-refractivity contribution in [3.63, 3.8) is 0 Å². The summed E-state index contributed by atoms with van der Waals surface area (Å²) in [4.78, 5) is 18.8. The molecule has 1 aliphatic carbocycles. The average molecular weight is 405 g/mol. The fraction of sp³-hybridized carbons (Fsp3) is 0.143. The number of amides is 1. The van der Waals surface area contributed by atoms with Crippen LogP contribution in [0.2, 0.25) is 0 Å². The van der Waals surface area contributed by atoms with Crippen LogP contribution in [0.5, 0.6) is 0 Å². The Morgan fingerprint density at radius 3 is 2.69 bits per heavy atom. The van der Waals surface area contributed by atoms with E-state index in [0.717, 1.165) is 52.1 Å². The highest BCUT2D eigenvalue weighted by Gasteiger charge is 2.27. The first-order chi connectivity index (χ1) is 14.2. The molecule has 146 valence electrons. The second kappa shape index (κ2) is 6.91. The van der Waals surface area contributed by atoms with E-state index < -0.39 is 0 Å². The second-order valence-electron chi connectivity index (χ2n) is 6.90. The van der Waals surface area contributed by atoms with Gasteiger partial charge in [0.05, 0.1) is 12.0 Å². The zero-order valence-electron chi connectivity index (χ0n) is 15.3. The smallest absolute Gasteiger partial charge is 0.267 e. The van der Waals surface area contributed by atoms with E-state index in [1.54, 1.807) is 30.5 Å². The largest absolute Gasteiger partial charge is 0.761 e. The molecule has 0 fully saturated rings. The number of fused-ring (bicyclic) bond motifs is 2. The number of thiophene rings is 1. The molecule has 0 radical (unpaired) electrons. The lowest BCUT2D eigenvalue weighted by molar-refractivity contribution is 0.103. The van der Waals surface area contributed by atoms with Gasteiger partial charge >= 0.3 is 0 Å². The third-order valence-electron chi connectivity index (χ3n) is 5.14. The van der Waals surface area contributed by atoms with E-state index >= 15 is 0 Å². The topological polar surface area (TPSA) is 116 Å². The number of hydrogen-bond acceptors (Lipinski definition) is 7. The van der Waals surface area contributed by atoms with Gasteiger partial charge in [-0.25, -0.2) is 4.98 Å². The van der Waals surface area contributed by atoms with Gasteiger partial charge < -0.3 is 26.2 Å². The van der Waals surface area contributed by atoms with Crippen molar-refractivity contribution in [2.24, 2.45) is 0 Å². The molecule has 0 spiro atoms. The van der Waals surface area contributed by atoms with Gasteiger partial charge in [0.25, 0.3) is 5.91 Å². The van der Waals surface area contributed by atoms with Gasteiger partial charge in [0.15, 0.2) is 0 Å². The summed E-state index contributed by atoms with van der Waals surface area (Å²) >= 11 is 1.28. The molecule has 0 aliphatic heterocycles. The van der Waals surface area contributed by atoms with Gasteiger partial charge in [0.1, 0.15) is 15.5 Å². The highest BCUT2D eigenvalue weighted by Crippen LogP contribution is 2.44. The van der Waals surface area contributed by atoms with Crippen molar-refractivity contribution < 1.29 is 9.21 Å². The number of nitrogens with zero attached hydrogens (tertiary/aromatic N) is 1. The molecule has 3 heterocycles. The zero-order valence-corrected chi connectivity index (χ0v) is 16.1. The summed E-state index contributed by atoms with van der Waals surface area (Å²) in [5.41, 5.74) is 12.8. The van der Waals surface area contributed by atoms with Gasteiger partial charge in [0.2, 0.25) is 0 Å². The molecule has 8 heteroatoms. The third kappa shape index (κ3) is 2.93. The minimum absolute atomic E-state index is 0.307. The van der Waals surface area contributed by atoms with Crippen LogP contribution in [-0.4, -0.2) is 10.9 Å². The fourth-order valence-corrected chi connectivity index (χ4v) is 4.84. The molecule has 5 rings (SSSR count). The normalized spacial score (nSPS) is 12.9. The quantitative estimate of drug-likeness (QED) is 0.420. The van der Waals surface area contributed by atoms with Gasteiger partial charge in [-0.05, 0) is 61.2 Å². The zero-order chi connectivity index (χ0) is 20.0. The monoisotopic (exact) mass is 405 g/mol. The van der Waals surface area contributed by atoms with E-state index in [4.69, 9.17) is 15.1 Å². The number of carbonyl (C=O) groups is 1. The molecule has 0 saturated carbocycles. The number of hydrogen-bond donors (Lipinski definition) is 3.